The summed E-state index contributed by atoms with van der Waals surface area (Å²) >= 11 is 0. The summed E-state index contributed by atoms with van der Waals surface area (Å²) in [6, 6.07) is 17.1. The maximum atomic E-state index is 11.1. The Labute approximate surface area is 128 Å². The van der Waals surface area contributed by atoms with E-state index in [1.807, 2.05) is 54.6 Å². The summed E-state index contributed by atoms with van der Waals surface area (Å²) in [4.78, 5) is 29.8. The molecule has 0 aliphatic heterocycles. The molecule has 0 spiro atoms. The number of rotatable bonds is 3. The van der Waals surface area contributed by atoms with Crippen LogP contribution in [0.25, 0.3) is 0 Å². The molecule has 4 heteroatoms. The van der Waals surface area contributed by atoms with Crippen molar-refractivity contribution in [3.8, 4) is 0 Å². The molecule has 0 radical (unpaired) electrons. The normalized spacial score (nSPS) is 22.8. The molecule has 3 rings (SSSR count). The summed E-state index contributed by atoms with van der Waals surface area (Å²) in [5.74, 6) is 0. The molecule has 0 saturated heterocycles. The largest absolute Gasteiger partial charge is 0.236 e. The fourth-order valence-electron chi connectivity index (χ4n) is 3.27. The zero-order valence-corrected chi connectivity index (χ0v) is 11.9. The van der Waals surface area contributed by atoms with E-state index in [2.05, 4.69) is 9.98 Å². The highest BCUT2D eigenvalue weighted by molar-refractivity contribution is 5.51. The van der Waals surface area contributed by atoms with Crippen LogP contribution in [0, 0.1) is 0 Å². The van der Waals surface area contributed by atoms with Gasteiger partial charge in [-0.2, -0.15) is 9.98 Å². The SMILES string of the molecule is O=C=NC1CCC(N=C=O)(c2ccccc2)c2ccccc21. The topological polar surface area (TPSA) is 58.9 Å². The van der Waals surface area contributed by atoms with E-state index in [9.17, 15) is 9.59 Å². The second-order valence-corrected chi connectivity index (χ2v) is 5.29. The Bertz CT molecular complexity index is 775. The number of carbonyl (C=O) groups excluding carboxylic acids is 2. The van der Waals surface area contributed by atoms with E-state index in [0.29, 0.717) is 12.8 Å². The van der Waals surface area contributed by atoms with Crippen LogP contribution >= 0.6 is 0 Å². The van der Waals surface area contributed by atoms with E-state index in [0.717, 1.165) is 16.7 Å². The van der Waals surface area contributed by atoms with Gasteiger partial charge in [0, 0.05) is 0 Å². The van der Waals surface area contributed by atoms with Crippen LogP contribution in [-0.4, -0.2) is 12.2 Å². The van der Waals surface area contributed by atoms with Crippen LogP contribution < -0.4 is 0 Å². The van der Waals surface area contributed by atoms with Crippen LogP contribution in [0.3, 0.4) is 0 Å². The van der Waals surface area contributed by atoms with E-state index in [-0.39, 0.29) is 6.04 Å². The molecule has 0 bridgehead atoms. The fourth-order valence-corrected chi connectivity index (χ4v) is 3.27. The highest BCUT2D eigenvalue weighted by Crippen LogP contribution is 2.47. The Morgan fingerprint density at radius 3 is 2.41 bits per heavy atom. The van der Waals surface area contributed by atoms with Crippen molar-refractivity contribution in [3.63, 3.8) is 0 Å². The van der Waals surface area contributed by atoms with Gasteiger partial charge in [0.05, 0.1) is 6.04 Å². The molecule has 0 heterocycles. The third-order valence-corrected chi connectivity index (χ3v) is 4.24. The van der Waals surface area contributed by atoms with Crippen molar-refractivity contribution in [2.75, 3.05) is 0 Å². The first-order valence-corrected chi connectivity index (χ1v) is 7.13. The zero-order chi connectivity index (χ0) is 15.4. The molecule has 2 aromatic carbocycles. The standard InChI is InChI=1S/C18H14N2O2/c21-12-19-17-10-11-18(20-13-22,14-6-2-1-3-7-14)16-9-5-4-8-15(16)17/h1-9,17H,10-11H2. The number of hydrogen-bond donors (Lipinski definition) is 0. The first kappa shape index (κ1) is 14.2. The third-order valence-electron chi connectivity index (χ3n) is 4.24. The molecule has 22 heavy (non-hydrogen) atoms. The number of isocyanates is 2. The number of benzene rings is 2. The minimum Gasteiger partial charge on any atom is -0.211 e. The van der Waals surface area contributed by atoms with E-state index in [1.54, 1.807) is 12.2 Å². The fraction of sp³-hybridized carbons (Fsp3) is 0.222. The molecule has 1 aliphatic carbocycles. The molecular weight excluding hydrogens is 276 g/mol. The second kappa shape index (κ2) is 5.90. The lowest BCUT2D eigenvalue weighted by molar-refractivity contribution is 0.404. The van der Waals surface area contributed by atoms with Gasteiger partial charge in [0.2, 0.25) is 12.2 Å². The molecular formula is C18H14N2O2. The van der Waals surface area contributed by atoms with Crippen molar-refractivity contribution in [3.05, 3.63) is 71.3 Å². The van der Waals surface area contributed by atoms with Gasteiger partial charge in [-0.1, -0.05) is 54.6 Å². The maximum Gasteiger partial charge on any atom is 0.236 e. The summed E-state index contributed by atoms with van der Waals surface area (Å²) < 4.78 is 0. The van der Waals surface area contributed by atoms with Gasteiger partial charge in [0.15, 0.2) is 0 Å². The van der Waals surface area contributed by atoms with Gasteiger partial charge in [-0.05, 0) is 29.5 Å². The van der Waals surface area contributed by atoms with Gasteiger partial charge in [0.1, 0.15) is 5.54 Å². The molecule has 4 nitrogen and oxygen atoms in total. The Kier molecular flexibility index (Phi) is 3.80. The van der Waals surface area contributed by atoms with Crippen molar-refractivity contribution in [1.29, 1.82) is 0 Å². The predicted octanol–water partition coefficient (Wildman–Crippen LogP) is 3.44. The van der Waals surface area contributed by atoms with Gasteiger partial charge in [0.25, 0.3) is 0 Å². The summed E-state index contributed by atoms with van der Waals surface area (Å²) in [6.07, 6.45) is 4.60. The molecule has 0 aromatic heterocycles. The molecule has 2 aromatic rings. The van der Waals surface area contributed by atoms with Crippen LogP contribution in [0.1, 0.15) is 35.6 Å². The molecule has 0 saturated carbocycles. The lowest BCUT2D eigenvalue weighted by Crippen LogP contribution is -2.31. The third kappa shape index (κ3) is 2.21. The predicted molar refractivity (Wildman–Crippen MR) is 81.9 cm³/mol. The first-order chi connectivity index (χ1) is 10.8. The zero-order valence-electron chi connectivity index (χ0n) is 11.9. The first-order valence-electron chi connectivity index (χ1n) is 7.13. The van der Waals surface area contributed by atoms with E-state index >= 15 is 0 Å². The lowest BCUT2D eigenvalue weighted by atomic mass is 9.71. The Balaban J connectivity index is 2.26. The smallest absolute Gasteiger partial charge is 0.211 e. The highest BCUT2D eigenvalue weighted by Gasteiger charge is 2.41. The molecule has 1 aliphatic rings. The second-order valence-electron chi connectivity index (χ2n) is 5.29. The monoisotopic (exact) mass is 290 g/mol. The summed E-state index contributed by atoms with van der Waals surface area (Å²) in [6.45, 7) is 0. The number of fused-ring (bicyclic) bond motifs is 1. The average Bonchev–Trinajstić information content (AvgIpc) is 2.58. The van der Waals surface area contributed by atoms with Crippen LogP contribution in [0.5, 0.6) is 0 Å². The average molecular weight is 290 g/mol. The van der Waals surface area contributed by atoms with E-state index in [1.165, 1.54) is 0 Å². The van der Waals surface area contributed by atoms with Gasteiger partial charge in [-0.25, -0.2) is 9.59 Å². The van der Waals surface area contributed by atoms with Crippen molar-refractivity contribution in [1.82, 2.24) is 0 Å². The van der Waals surface area contributed by atoms with Crippen LogP contribution in [0.15, 0.2) is 64.6 Å². The number of nitrogens with zero attached hydrogens (tertiary/aromatic N) is 2. The van der Waals surface area contributed by atoms with Gasteiger partial charge in [-0.3, -0.25) is 0 Å². The molecule has 0 amide bonds. The summed E-state index contributed by atoms with van der Waals surface area (Å²) in [5, 5.41) is 0. The van der Waals surface area contributed by atoms with Crippen molar-refractivity contribution < 1.29 is 9.59 Å². The Morgan fingerprint density at radius 2 is 1.68 bits per heavy atom. The number of hydrogen-bond acceptors (Lipinski definition) is 4. The van der Waals surface area contributed by atoms with Crippen LogP contribution in [-0.2, 0) is 15.1 Å². The van der Waals surface area contributed by atoms with E-state index in [4.69, 9.17) is 0 Å². The molecule has 0 fully saturated rings. The minimum atomic E-state index is -0.755. The number of aliphatic imine (C=N–C) groups is 2. The van der Waals surface area contributed by atoms with Gasteiger partial charge in [-0.15, -0.1) is 0 Å². The highest BCUT2D eigenvalue weighted by atomic mass is 16.1. The van der Waals surface area contributed by atoms with Crippen LogP contribution in [0.2, 0.25) is 0 Å². The molecule has 2 unspecified atom stereocenters. The maximum absolute atomic E-state index is 11.1. The van der Waals surface area contributed by atoms with Gasteiger partial charge < -0.3 is 0 Å². The quantitative estimate of drug-likeness (QED) is 0.642. The van der Waals surface area contributed by atoms with Crippen molar-refractivity contribution in [2.45, 2.75) is 24.4 Å². The molecule has 0 N–H and O–H groups in total. The Morgan fingerprint density at radius 1 is 0.955 bits per heavy atom. The summed E-state index contributed by atoms with van der Waals surface area (Å²) in [7, 11) is 0. The van der Waals surface area contributed by atoms with E-state index < -0.39 is 5.54 Å². The van der Waals surface area contributed by atoms with Crippen molar-refractivity contribution in [2.24, 2.45) is 9.98 Å². The molecule has 2 atom stereocenters. The summed E-state index contributed by atoms with van der Waals surface area (Å²) in [5.41, 5.74) is 2.01. The van der Waals surface area contributed by atoms with Gasteiger partial charge >= 0.3 is 0 Å². The molecule has 108 valence electrons. The Hall–Kier alpha value is -2.80. The lowest BCUT2D eigenvalue weighted by Gasteiger charge is -2.37. The van der Waals surface area contributed by atoms with Crippen molar-refractivity contribution >= 4 is 12.2 Å². The minimum absolute atomic E-state index is 0.229. The van der Waals surface area contributed by atoms with Crippen LogP contribution in [0.4, 0.5) is 0 Å².